The fourth-order valence-corrected chi connectivity index (χ4v) is 2.20. The highest BCUT2D eigenvalue weighted by Gasteiger charge is 2.32. The highest BCUT2D eigenvalue weighted by molar-refractivity contribution is 6.33. The van der Waals surface area contributed by atoms with E-state index >= 15 is 0 Å². The molecule has 0 heterocycles. The number of nitrogens with one attached hydrogen (secondary N) is 2. The molecule has 0 aliphatic rings. The second-order valence-corrected chi connectivity index (χ2v) is 5.93. The zero-order valence-corrected chi connectivity index (χ0v) is 15.0. The normalized spacial score (nSPS) is 16.4. The molecule has 7 N–H and O–H groups in total. The van der Waals surface area contributed by atoms with Gasteiger partial charge in [-0.15, -0.1) is 0 Å². The molecule has 0 radical (unpaired) electrons. The summed E-state index contributed by atoms with van der Waals surface area (Å²) in [5, 5.41) is 56.7. The molecule has 150 valence electrons. The third-order valence-corrected chi connectivity index (χ3v) is 3.81. The van der Waals surface area contributed by atoms with Gasteiger partial charge in [0.1, 0.15) is 30.1 Å². The summed E-state index contributed by atoms with van der Waals surface area (Å²) in [4.78, 5) is 0. The van der Waals surface area contributed by atoms with Crippen molar-refractivity contribution in [3.8, 4) is 0 Å². The molecule has 0 unspecified atom stereocenters. The number of nitrogens with zero attached hydrogens (tertiary/aromatic N) is 2. The van der Waals surface area contributed by atoms with Gasteiger partial charge in [0.15, 0.2) is 0 Å². The lowest BCUT2D eigenvalue weighted by Crippen LogP contribution is -2.49. The van der Waals surface area contributed by atoms with E-state index < -0.39 is 31.0 Å². The summed E-state index contributed by atoms with van der Waals surface area (Å²) in [6.07, 6.45) is -5.71. The minimum Gasteiger partial charge on any atom is -0.394 e. The van der Waals surface area contributed by atoms with Crippen molar-refractivity contribution in [3.05, 3.63) is 60.7 Å². The predicted molar refractivity (Wildman–Crippen MR) is 107 cm³/mol. The number of hydrogen-bond acceptors (Lipinski definition) is 9. The molecule has 0 bridgehead atoms. The van der Waals surface area contributed by atoms with Crippen molar-refractivity contribution >= 4 is 23.3 Å². The van der Waals surface area contributed by atoms with Crippen LogP contribution in [0, 0.1) is 0 Å². The molecule has 0 aromatic heterocycles. The van der Waals surface area contributed by atoms with Gasteiger partial charge < -0.3 is 25.5 Å². The van der Waals surface area contributed by atoms with E-state index in [4.69, 9.17) is 5.11 Å². The van der Waals surface area contributed by atoms with Crippen LogP contribution < -0.4 is 10.9 Å². The lowest BCUT2D eigenvalue weighted by atomic mass is 10.0. The summed E-state index contributed by atoms with van der Waals surface area (Å²) < 4.78 is 0. The molecular formula is C19H24N4O5. The van der Waals surface area contributed by atoms with Crippen molar-refractivity contribution < 1.29 is 25.5 Å². The van der Waals surface area contributed by atoms with Crippen molar-refractivity contribution in [2.24, 2.45) is 10.2 Å². The number of para-hydroxylation sites is 2. The van der Waals surface area contributed by atoms with Crippen LogP contribution in [0.1, 0.15) is 0 Å². The van der Waals surface area contributed by atoms with Crippen LogP contribution in [0.2, 0.25) is 0 Å². The Balaban J connectivity index is 2.16. The van der Waals surface area contributed by atoms with E-state index in [1.165, 1.54) is 6.21 Å². The molecule has 9 nitrogen and oxygen atoms in total. The second kappa shape index (κ2) is 11.1. The smallest absolute Gasteiger partial charge is 0.128 e. The number of aliphatic hydroxyl groups excluding tert-OH is 5. The van der Waals surface area contributed by atoms with Crippen molar-refractivity contribution in [1.82, 2.24) is 0 Å². The van der Waals surface area contributed by atoms with Crippen LogP contribution in [-0.2, 0) is 0 Å². The quantitative estimate of drug-likeness (QED) is 0.223. The number of hydrogen-bond donors (Lipinski definition) is 7. The van der Waals surface area contributed by atoms with E-state index in [1.807, 2.05) is 24.3 Å². The zero-order chi connectivity index (χ0) is 20.4. The lowest BCUT2D eigenvalue weighted by Gasteiger charge is -2.25. The zero-order valence-electron chi connectivity index (χ0n) is 15.0. The molecule has 0 aliphatic heterocycles. The first-order valence-corrected chi connectivity index (χ1v) is 8.59. The Morgan fingerprint density at radius 3 is 1.89 bits per heavy atom. The maximum atomic E-state index is 10.4. The topological polar surface area (TPSA) is 150 Å². The lowest BCUT2D eigenvalue weighted by molar-refractivity contribution is -0.100. The summed E-state index contributed by atoms with van der Waals surface area (Å²) in [7, 11) is 0. The van der Waals surface area contributed by atoms with E-state index in [-0.39, 0.29) is 5.71 Å². The number of rotatable bonds is 10. The van der Waals surface area contributed by atoms with E-state index in [0.29, 0.717) is 11.4 Å². The number of aliphatic hydroxyl groups is 5. The van der Waals surface area contributed by atoms with Crippen molar-refractivity contribution in [2.75, 3.05) is 17.5 Å². The molecule has 2 aromatic carbocycles. The monoisotopic (exact) mass is 388 g/mol. The van der Waals surface area contributed by atoms with Gasteiger partial charge in [-0.25, -0.2) is 0 Å². The van der Waals surface area contributed by atoms with Crippen LogP contribution in [-0.4, -0.2) is 68.5 Å². The van der Waals surface area contributed by atoms with Gasteiger partial charge in [-0.05, 0) is 24.3 Å². The summed E-state index contributed by atoms with van der Waals surface area (Å²) in [6, 6.07) is 17.9. The minimum absolute atomic E-state index is 0.107. The molecule has 2 aromatic rings. The Labute approximate surface area is 162 Å². The van der Waals surface area contributed by atoms with E-state index in [2.05, 4.69) is 21.1 Å². The first kappa shape index (κ1) is 21.5. The highest BCUT2D eigenvalue weighted by Crippen LogP contribution is 2.09. The molecular weight excluding hydrogens is 364 g/mol. The van der Waals surface area contributed by atoms with Gasteiger partial charge in [-0.3, -0.25) is 10.9 Å². The Morgan fingerprint density at radius 1 is 0.821 bits per heavy atom. The number of benzene rings is 2. The summed E-state index contributed by atoms with van der Waals surface area (Å²) in [5.74, 6) is 0. The van der Waals surface area contributed by atoms with Gasteiger partial charge in [0, 0.05) is 0 Å². The average molecular weight is 388 g/mol. The van der Waals surface area contributed by atoms with E-state index in [9.17, 15) is 20.4 Å². The predicted octanol–water partition coefficient (Wildman–Crippen LogP) is -0.0117. The van der Waals surface area contributed by atoms with E-state index in [1.54, 1.807) is 36.4 Å². The first-order valence-electron chi connectivity index (χ1n) is 8.59. The summed E-state index contributed by atoms with van der Waals surface area (Å²) in [5.41, 5.74) is 6.68. The molecule has 0 spiro atoms. The van der Waals surface area contributed by atoms with Gasteiger partial charge in [-0.2, -0.15) is 10.2 Å². The number of anilines is 2. The second-order valence-electron chi connectivity index (χ2n) is 5.93. The van der Waals surface area contributed by atoms with E-state index in [0.717, 1.165) is 0 Å². The van der Waals surface area contributed by atoms with Crippen LogP contribution in [0.3, 0.4) is 0 Å². The molecule has 0 fully saturated rings. The fourth-order valence-electron chi connectivity index (χ4n) is 2.20. The van der Waals surface area contributed by atoms with Gasteiger partial charge in [0.05, 0.1) is 24.2 Å². The standard InChI is InChI=1S/C19H24N4O5/c24-12-16(25)18(27)19(28)17(26)15(23-22-14-9-5-2-6-10-14)11-20-21-13-7-3-1-4-8-13/h1-11,16-19,21-22,24-28H,12H2/b20-11+,23-15+/t16-,17+,18-,19+/m1/s1. The number of hydrazone groups is 2. The SMILES string of the molecule is OC[C@@H](O)[C@@H](O)[C@@H](O)[C@@H](O)C(/C=N/Nc1ccccc1)=N/Nc1ccccc1. The van der Waals surface area contributed by atoms with Gasteiger partial charge >= 0.3 is 0 Å². The third-order valence-electron chi connectivity index (χ3n) is 3.81. The molecule has 9 heteroatoms. The molecule has 0 amide bonds. The molecule has 0 saturated carbocycles. The van der Waals surface area contributed by atoms with Gasteiger partial charge in [0.2, 0.25) is 0 Å². The Bertz CT molecular complexity index is 757. The summed E-state index contributed by atoms with van der Waals surface area (Å²) >= 11 is 0. The summed E-state index contributed by atoms with van der Waals surface area (Å²) in [6.45, 7) is -0.774. The van der Waals surface area contributed by atoms with Crippen molar-refractivity contribution in [1.29, 1.82) is 0 Å². The van der Waals surface area contributed by atoms with Crippen LogP contribution in [0.15, 0.2) is 70.9 Å². The van der Waals surface area contributed by atoms with Crippen LogP contribution in [0.25, 0.3) is 0 Å². The highest BCUT2D eigenvalue weighted by atomic mass is 16.4. The fraction of sp³-hybridized carbons (Fsp3) is 0.263. The van der Waals surface area contributed by atoms with Gasteiger partial charge in [0.25, 0.3) is 0 Å². The van der Waals surface area contributed by atoms with Crippen LogP contribution in [0.5, 0.6) is 0 Å². The first-order chi connectivity index (χ1) is 13.5. The molecule has 0 aliphatic carbocycles. The molecule has 0 saturated heterocycles. The van der Waals surface area contributed by atoms with Gasteiger partial charge in [-0.1, -0.05) is 36.4 Å². The van der Waals surface area contributed by atoms with Crippen LogP contribution in [0.4, 0.5) is 11.4 Å². The van der Waals surface area contributed by atoms with Crippen molar-refractivity contribution in [2.45, 2.75) is 24.4 Å². The Kier molecular flexibility index (Phi) is 8.53. The Hall–Kier alpha value is -2.82. The average Bonchev–Trinajstić information content (AvgIpc) is 2.75. The van der Waals surface area contributed by atoms with Crippen LogP contribution >= 0.6 is 0 Å². The molecule has 2 rings (SSSR count). The van der Waals surface area contributed by atoms with Crippen molar-refractivity contribution in [3.63, 3.8) is 0 Å². The minimum atomic E-state index is -1.80. The Morgan fingerprint density at radius 2 is 1.36 bits per heavy atom. The molecule has 4 atom stereocenters. The molecule has 28 heavy (non-hydrogen) atoms. The maximum absolute atomic E-state index is 10.4. The largest absolute Gasteiger partial charge is 0.394 e. The third kappa shape index (κ3) is 6.41. The maximum Gasteiger partial charge on any atom is 0.128 e.